The van der Waals surface area contributed by atoms with E-state index in [0.29, 0.717) is 25.1 Å². The highest BCUT2D eigenvalue weighted by Gasteiger charge is 2.30. The van der Waals surface area contributed by atoms with Crippen molar-refractivity contribution in [2.45, 2.75) is 69.1 Å². The number of nitrogens with zero attached hydrogens (tertiary/aromatic N) is 2. The van der Waals surface area contributed by atoms with Gasteiger partial charge in [-0.1, -0.05) is 0 Å². The number of imidazole rings is 1. The van der Waals surface area contributed by atoms with Gasteiger partial charge in [-0.05, 0) is 38.6 Å². The Labute approximate surface area is 225 Å². The molecule has 1 aromatic heterocycles. The van der Waals surface area contributed by atoms with Gasteiger partial charge in [-0.3, -0.25) is 24.2 Å². The Morgan fingerprint density at radius 2 is 1.54 bits per heavy atom. The van der Waals surface area contributed by atoms with E-state index in [1.54, 1.807) is 0 Å². The number of aromatic nitrogens is 2. The van der Waals surface area contributed by atoms with Gasteiger partial charge in [0.05, 0.1) is 18.8 Å². The molecule has 0 bridgehead atoms. The fourth-order valence-corrected chi connectivity index (χ4v) is 3.48. The number of hydrogen-bond acceptors (Lipinski definition) is 9. The van der Waals surface area contributed by atoms with Crippen LogP contribution in [0, 0.1) is 0 Å². The van der Waals surface area contributed by atoms with Crippen LogP contribution in [0.2, 0.25) is 0 Å². The van der Waals surface area contributed by atoms with Gasteiger partial charge < -0.3 is 54.7 Å². The van der Waals surface area contributed by atoms with Crippen molar-refractivity contribution in [1.82, 2.24) is 25.9 Å². The number of rotatable bonds is 19. The number of nitrogens with two attached hydrogens (primary N) is 5. The van der Waals surface area contributed by atoms with Crippen molar-refractivity contribution in [2.24, 2.45) is 33.7 Å². The Bertz CT molecular complexity index is 981. The molecule has 0 aromatic carbocycles. The van der Waals surface area contributed by atoms with Crippen molar-refractivity contribution in [1.29, 1.82) is 0 Å². The number of carbonyl (C=O) groups excluding carboxylic acids is 4. The number of primary amides is 1. The summed E-state index contributed by atoms with van der Waals surface area (Å²) in [5.74, 6) is -4.51. The van der Waals surface area contributed by atoms with E-state index in [9.17, 15) is 29.1 Å². The van der Waals surface area contributed by atoms with Crippen molar-refractivity contribution in [3.05, 3.63) is 18.2 Å². The molecule has 4 atom stereocenters. The zero-order valence-corrected chi connectivity index (χ0v) is 21.6. The molecule has 17 heteroatoms. The van der Waals surface area contributed by atoms with Crippen LogP contribution in [0.4, 0.5) is 0 Å². The Morgan fingerprint density at radius 1 is 0.923 bits per heavy atom. The first-order valence-electron chi connectivity index (χ1n) is 12.3. The summed E-state index contributed by atoms with van der Waals surface area (Å²) in [6, 6.07) is -4.93. The number of amides is 4. The van der Waals surface area contributed by atoms with E-state index in [0.717, 1.165) is 0 Å². The molecule has 0 fully saturated rings. The number of aliphatic imine (C=N–C) groups is 1. The minimum atomic E-state index is -1.30. The molecule has 1 heterocycles. The molecule has 0 saturated heterocycles. The number of unbranched alkanes of at least 4 members (excludes halogenated alkanes) is 1. The van der Waals surface area contributed by atoms with E-state index in [2.05, 4.69) is 30.9 Å². The molecule has 0 aliphatic carbocycles. The first-order valence-corrected chi connectivity index (χ1v) is 12.3. The molecule has 0 aliphatic heterocycles. The number of aromatic amines is 1. The highest BCUT2D eigenvalue weighted by atomic mass is 16.4. The predicted octanol–water partition coefficient (Wildman–Crippen LogP) is -4.12. The fourth-order valence-electron chi connectivity index (χ4n) is 3.48. The van der Waals surface area contributed by atoms with Crippen molar-refractivity contribution >= 4 is 35.6 Å². The number of carboxylic acid groups (broad SMARTS) is 1. The third-order valence-corrected chi connectivity index (χ3v) is 5.51. The van der Waals surface area contributed by atoms with Crippen LogP contribution in [-0.4, -0.2) is 87.9 Å². The largest absolute Gasteiger partial charge is 0.480 e. The number of hydrogen-bond donors (Lipinski definition) is 10. The lowest BCUT2D eigenvalue weighted by Gasteiger charge is -2.25. The zero-order chi connectivity index (χ0) is 29.4. The van der Waals surface area contributed by atoms with E-state index in [1.165, 1.54) is 12.5 Å². The molecular weight excluding hydrogens is 514 g/mol. The summed E-state index contributed by atoms with van der Waals surface area (Å²) >= 11 is 0. The first kappa shape index (κ1) is 32.8. The standard InChI is InChI=1S/C22H39N11O6/c23-6-2-1-4-15(21(38)39)32-19(36)14(5-3-7-29-22(26)27)31-20(37)16(8-12-10-28-11-30-12)33-18(35)13(24)9-17(25)34/h10-11,13-16H,1-9,23-24H2,(H2,25,34)(H,28,30)(H,31,37)(H,32,36)(H,33,35)(H,38,39)(H4,26,27,29). The molecule has 218 valence electrons. The van der Waals surface area contributed by atoms with Gasteiger partial charge in [-0.25, -0.2) is 9.78 Å². The highest BCUT2D eigenvalue weighted by Crippen LogP contribution is 2.07. The average Bonchev–Trinajstić information content (AvgIpc) is 3.37. The number of nitrogens with one attached hydrogen (secondary N) is 4. The van der Waals surface area contributed by atoms with E-state index >= 15 is 0 Å². The Morgan fingerprint density at radius 3 is 2.10 bits per heavy atom. The van der Waals surface area contributed by atoms with Crippen LogP contribution in [-0.2, 0) is 30.4 Å². The zero-order valence-electron chi connectivity index (χ0n) is 21.6. The van der Waals surface area contributed by atoms with Crippen LogP contribution >= 0.6 is 0 Å². The summed E-state index contributed by atoms with van der Waals surface area (Å²) in [7, 11) is 0. The number of H-pyrrole nitrogens is 1. The van der Waals surface area contributed by atoms with Crippen LogP contribution in [0.5, 0.6) is 0 Å². The maximum atomic E-state index is 13.3. The van der Waals surface area contributed by atoms with Gasteiger partial charge in [0.2, 0.25) is 23.6 Å². The third-order valence-electron chi connectivity index (χ3n) is 5.51. The summed E-state index contributed by atoms with van der Waals surface area (Å²) in [5.41, 5.74) is 27.4. The number of carboxylic acids is 1. The molecule has 1 rings (SSSR count). The maximum absolute atomic E-state index is 13.3. The quantitative estimate of drug-likeness (QED) is 0.0445. The predicted molar refractivity (Wildman–Crippen MR) is 140 cm³/mol. The summed E-state index contributed by atoms with van der Waals surface area (Å²) in [6.45, 7) is 0.521. The number of aliphatic carboxylic acids is 1. The molecule has 1 aromatic rings. The molecule has 15 N–H and O–H groups in total. The van der Waals surface area contributed by atoms with E-state index in [4.69, 9.17) is 28.7 Å². The minimum absolute atomic E-state index is 0.0510. The Balaban J connectivity index is 3.09. The molecule has 4 amide bonds. The first-order chi connectivity index (χ1) is 18.4. The van der Waals surface area contributed by atoms with Crippen LogP contribution in [0.3, 0.4) is 0 Å². The molecule has 0 spiro atoms. The van der Waals surface area contributed by atoms with Crippen molar-refractivity contribution in [2.75, 3.05) is 13.1 Å². The normalized spacial score (nSPS) is 13.8. The number of carbonyl (C=O) groups is 5. The number of guanidine groups is 1. The van der Waals surface area contributed by atoms with Crippen molar-refractivity contribution in [3.8, 4) is 0 Å². The topological polar surface area (TPSA) is 313 Å². The summed E-state index contributed by atoms with van der Waals surface area (Å²) in [6.07, 6.45) is 3.82. The minimum Gasteiger partial charge on any atom is -0.480 e. The van der Waals surface area contributed by atoms with E-state index in [-0.39, 0.29) is 38.2 Å². The van der Waals surface area contributed by atoms with Crippen LogP contribution < -0.4 is 44.6 Å². The van der Waals surface area contributed by atoms with Gasteiger partial charge >= 0.3 is 5.97 Å². The van der Waals surface area contributed by atoms with Crippen molar-refractivity contribution < 1.29 is 29.1 Å². The lowest BCUT2D eigenvalue weighted by Crippen LogP contribution is -2.57. The molecule has 0 radical (unpaired) electrons. The van der Waals surface area contributed by atoms with E-state index in [1.807, 2.05) is 0 Å². The molecule has 17 nitrogen and oxygen atoms in total. The van der Waals surface area contributed by atoms with E-state index < -0.39 is 60.2 Å². The third kappa shape index (κ3) is 13.2. The Hall–Kier alpha value is -4.25. The lowest BCUT2D eigenvalue weighted by atomic mass is 10.1. The maximum Gasteiger partial charge on any atom is 0.326 e. The molecule has 0 saturated carbocycles. The fraction of sp³-hybridized carbons (Fsp3) is 0.591. The monoisotopic (exact) mass is 553 g/mol. The SMILES string of the molecule is NCCCCC(NC(=O)C(CCCN=C(N)N)NC(=O)C(Cc1cnc[nH]1)NC(=O)C(N)CC(N)=O)C(=O)O. The summed E-state index contributed by atoms with van der Waals surface area (Å²) < 4.78 is 0. The van der Waals surface area contributed by atoms with Gasteiger partial charge in [0.1, 0.15) is 18.1 Å². The van der Waals surface area contributed by atoms with Gasteiger partial charge in [-0.15, -0.1) is 0 Å². The van der Waals surface area contributed by atoms with Gasteiger partial charge in [0.25, 0.3) is 0 Å². The molecule has 0 aliphatic rings. The van der Waals surface area contributed by atoms with Crippen LogP contribution in [0.1, 0.15) is 44.2 Å². The lowest BCUT2D eigenvalue weighted by molar-refractivity contribution is -0.142. The second-order valence-electron chi connectivity index (χ2n) is 8.81. The summed E-state index contributed by atoms with van der Waals surface area (Å²) in [4.78, 5) is 72.2. The van der Waals surface area contributed by atoms with Gasteiger partial charge in [0, 0.05) is 24.9 Å². The Kier molecular flexibility index (Phi) is 14.5. The van der Waals surface area contributed by atoms with Crippen molar-refractivity contribution in [3.63, 3.8) is 0 Å². The second-order valence-corrected chi connectivity index (χ2v) is 8.81. The van der Waals surface area contributed by atoms with Crippen LogP contribution in [0.25, 0.3) is 0 Å². The highest BCUT2D eigenvalue weighted by molar-refractivity contribution is 5.95. The van der Waals surface area contributed by atoms with Gasteiger partial charge in [-0.2, -0.15) is 0 Å². The van der Waals surface area contributed by atoms with Crippen LogP contribution in [0.15, 0.2) is 17.5 Å². The molecule has 39 heavy (non-hydrogen) atoms. The molecular formula is C22H39N11O6. The van der Waals surface area contributed by atoms with Gasteiger partial charge in [0.15, 0.2) is 5.96 Å². The summed E-state index contributed by atoms with van der Waals surface area (Å²) in [5, 5.41) is 17.0. The molecule has 4 unspecified atom stereocenters. The average molecular weight is 554 g/mol. The smallest absolute Gasteiger partial charge is 0.326 e. The second kappa shape index (κ2) is 17.3.